The zero-order chi connectivity index (χ0) is 16.0. The molecule has 0 aliphatic heterocycles. The Morgan fingerprint density at radius 3 is 2.43 bits per heavy atom. The Morgan fingerprint density at radius 2 is 1.86 bits per heavy atom. The Kier molecular flexibility index (Phi) is 6.55. The maximum Gasteiger partial charge on any atom is 0.240 e. The van der Waals surface area contributed by atoms with E-state index in [4.69, 9.17) is 0 Å². The minimum atomic E-state index is -3.57. The highest BCUT2D eigenvalue weighted by atomic mass is 32.2. The van der Waals surface area contributed by atoms with Crippen LogP contribution in [-0.4, -0.2) is 20.2 Å². The Bertz CT molecular complexity index is 579. The van der Waals surface area contributed by atoms with Crippen molar-refractivity contribution in [2.45, 2.75) is 57.9 Å². The van der Waals surface area contributed by atoms with Gasteiger partial charge in [-0.2, -0.15) is 0 Å². The zero-order valence-corrected chi connectivity index (χ0v) is 14.0. The summed E-state index contributed by atoms with van der Waals surface area (Å²) in [6.07, 6.45) is 2.89. The van der Waals surface area contributed by atoms with Crippen molar-refractivity contribution in [3.63, 3.8) is 0 Å². The van der Waals surface area contributed by atoms with Gasteiger partial charge >= 0.3 is 0 Å². The molecule has 21 heavy (non-hydrogen) atoms. The smallest absolute Gasteiger partial charge is 0.240 e. The summed E-state index contributed by atoms with van der Waals surface area (Å²) in [7, 11) is -3.57. The van der Waals surface area contributed by atoms with E-state index in [1.54, 1.807) is 12.1 Å². The van der Waals surface area contributed by atoms with Gasteiger partial charge in [0, 0.05) is 11.6 Å². The molecule has 1 aromatic rings. The summed E-state index contributed by atoms with van der Waals surface area (Å²) in [5.74, 6) is 0.484. The predicted molar refractivity (Wildman–Crippen MR) is 84.9 cm³/mol. The molecule has 0 saturated carbocycles. The number of carbonyl (C=O) groups is 1. The number of benzene rings is 1. The van der Waals surface area contributed by atoms with Crippen LogP contribution in [0.4, 0.5) is 0 Å². The van der Waals surface area contributed by atoms with Crippen LogP contribution in [0, 0.1) is 5.92 Å². The molecule has 0 bridgehead atoms. The predicted octanol–water partition coefficient (Wildman–Crippen LogP) is 3.38. The number of nitrogens with one attached hydrogen (secondary N) is 1. The highest BCUT2D eigenvalue weighted by Crippen LogP contribution is 2.14. The molecule has 4 nitrogen and oxygen atoms in total. The number of sulfonamides is 1. The lowest BCUT2D eigenvalue weighted by Gasteiger charge is -2.15. The second-order valence-electron chi connectivity index (χ2n) is 5.93. The number of ketones is 1. The fourth-order valence-corrected chi connectivity index (χ4v) is 3.43. The highest BCUT2D eigenvalue weighted by Gasteiger charge is 2.18. The number of rotatable bonds is 8. The van der Waals surface area contributed by atoms with E-state index in [1.165, 1.54) is 19.1 Å². The molecule has 0 amide bonds. The van der Waals surface area contributed by atoms with Crippen molar-refractivity contribution in [1.82, 2.24) is 4.72 Å². The van der Waals surface area contributed by atoms with Gasteiger partial charge in [0.05, 0.1) is 4.90 Å². The number of hydrogen-bond acceptors (Lipinski definition) is 3. The second kappa shape index (κ2) is 7.71. The van der Waals surface area contributed by atoms with E-state index in [0.29, 0.717) is 11.5 Å². The van der Waals surface area contributed by atoms with Crippen molar-refractivity contribution in [2.24, 2.45) is 5.92 Å². The molecule has 1 atom stereocenters. The molecule has 0 fully saturated rings. The van der Waals surface area contributed by atoms with Crippen molar-refractivity contribution in [3.8, 4) is 0 Å². The van der Waals surface area contributed by atoms with Crippen LogP contribution in [0.25, 0.3) is 0 Å². The maximum absolute atomic E-state index is 12.3. The fourth-order valence-electron chi connectivity index (χ4n) is 2.11. The van der Waals surface area contributed by atoms with E-state index < -0.39 is 10.0 Å². The van der Waals surface area contributed by atoms with Crippen LogP contribution in [0.5, 0.6) is 0 Å². The lowest BCUT2D eigenvalue weighted by atomic mass is 10.0. The molecule has 0 aromatic heterocycles. The lowest BCUT2D eigenvalue weighted by molar-refractivity contribution is 0.101. The van der Waals surface area contributed by atoms with Gasteiger partial charge in [-0.15, -0.1) is 0 Å². The molecule has 0 spiro atoms. The summed E-state index contributed by atoms with van der Waals surface area (Å²) in [5, 5.41) is 0. The first kappa shape index (κ1) is 17.9. The molecule has 0 unspecified atom stereocenters. The van der Waals surface area contributed by atoms with Crippen LogP contribution >= 0.6 is 0 Å². The van der Waals surface area contributed by atoms with Crippen molar-refractivity contribution in [2.75, 3.05) is 0 Å². The third-order valence-electron chi connectivity index (χ3n) is 3.33. The summed E-state index contributed by atoms with van der Waals surface area (Å²) in [6, 6.07) is 6.03. The van der Waals surface area contributed by atoms with Crippen LogP contribution < -0.4 is 4.72 Å². The van der Waals surface area contributed by atoms with E-state index in [9.17, 15) is 13.2 Å². The van der Waals surface area contributed by atoms with Crippen LogP contribution in [0.15, 0.2) is 29.2 Å². The minimum absolute atomic E-state index is 0.116. The van der Waals surface area contributed by atoms with Crippen molar-refractivity contribution < 1.29 is 13.2 Å². The van der Waals surface area contributed by atoms with Gasteiger partial charge in [-0.3, -0.25) is 4.79 Å². The van der Waals surface area contributed by atoms with Gasteiger partial charge in [0.2, 0.25) is 10.0 Å². The minimum Gasteiger partial charge on any atom is -0.295 e. The van der Waals surface area contributed by atoms with Gasteiger partial charge in [-0.1, -0.05) is 38.8 Å². The normalized spacial score (nSPS) is 13.4. The average Bonchev–Trinajstić information content (AvgIpc) is 2.37. The van der Waals surface area contributed by atoms with Gasteiger partial charge in [-0.05, 0) is 38.3 Å². The Labute approximate surface area is 128 Å². The van der Waals surface area contributed by atoms with E-state index in [1.807, 2.05) is 6.92 Å². The average molecular weight is 311 g/mol. The molecular weight excluding hydrogens is 286 g/mol. The summed E-state index contributed by atoms with van der Waals surface area (Å²) in [4.78, 5) is 11.5. The number of carbonyl (C=O) groups excluding carboxylic acids is 1. The molecule has 1 N–H and O–H groups in total. The fraction of sp³-hybridized carbons (Fsp3) is 0.562. The van der Waals surface area contributed by atoms with Crippen LogP contribution in [0.2, 0.25) is 0 Å². The molecule has 0 saturated heterocycles. The van der Waals surface area contributed by atoms with Gasteiger partial charge in [0.15, 0.2) is 5.78 Å². The van der Waals surface area contributed by atoms with E-state index in [2.05, 4.69) is 18.6 Å². The molecule has 118 valence electrons. The highest BCUT2D eigenvalue weighted by molar-refractivity contribution is 7.89. The van der Waals surface area contributed by atoms with Crippen molar-refractivity contribution in [3.05, 3.63) is 29.8 Å². The van der Waals surface area contributed by atoms with E-state index in [-0.39, 0.29) is 16.7 Å². The summed E-state index contributed by atoms with van der Waals surface area (Å²) in [5.41, 5.74) is 0.408. The molecule has 0 aliphatic rings. The van der Waals surface area contributed by atoms with Gasteiger partial charge in [0.1, 0.15) is 0 Å². The first-order chi connectivity index (χ1) is 9.72. The zero-order valence-electron chi connectivity index (χ0n) is 13.2. The third-order valence-corrected chi connectivity index (χ3v) is 4.91. The summed E-state index contributed by atoms with van der Waals surface area (Å²) in [6.45, 7) is 7.60. The van der Waals surface area contributed by atoms with Crippen LogP contribution in [0.1, 0.15) is 57.3 Å². The van der Waals surface area contributed by atoms with Crippen LogP contribution in [0.3, 0.4) is 0 Å². The van der Waals surface area contributed by atoms with Gasteiger partial charge in [0.25, 0.3) is 0 Å². The standard InChI is InChI=1S/C16H25NO3S/c1-12(2)7-5-8-13(3)17-21(19,20)16-10-6-9-15(11-16)14(4)18/h6,9-13,17H,5,7-8H2,1-4H3/t13-/m0/s1. The van der Waals surface area contributed by atoms with E-state index in [0.717, 1.165) is 19.3 Å². The Morgan fingerprint density at radius 1 is 1.19 bits per heavy atom. The van der Waals surface area contributed by atoms with Crippen molar-refractivity contribution >= 4 is 15.8 Å². The van der Waals surface area contributed by atoms with E-state index >= 15 is 0 Å². The Balaban J connectivity index is 2.72. The quantitative estimate of drug-likeness (QED) is 0.749. The first-order valence-corrected chi connectivity index (χ1v) is 8.84. The molecule has 1 aromatic carbocycles. The summed E-state index contributed by atoms with van der Waals surface area (Å²) >= 11 is 0. The molecule has 5 heteroatoms. The van der Waals surface area contributed by atoms with Crippen LogP contribution in [-0.2, 0) is 10.0 Å². The molecule has 0 aliphatic carbocycles. The maximum atomic E-state index is 12.3. The second-order valence-corrected chi connectivity index (χ2v) is 7.65. The van der Waals surface area contributed by atoms with Gasteiger partial charge in [-0.25, -0.2) is 13.1 Å². The molecule has 1 rings (SSSR count). The third kappa shape index (κ3) is 5.98. The first-order valence-electron chi connectivity index (χ1n) is 7.35. The molecular formula is C16H25NO3S. The largest absolute Gasteiger partial charge is 0.295 e. The molecule has 0 heterocycles. The van der Waals surface area contributed by atoms with Crippen molar-refractivity contribution in [1.29, 1.82) is 0 Å². The topological polar surface area (TPSA) is 63.2 Å². The number of hydrogen-bond donors (Lipinski definition) is 1. The SMILES string of the molecule is CC(=O)c1cccc(S(=O)(=O)N[C@@H](C)CCCC(C)C)c1. The van der Waals surface area contributed by atoms with Gasteiger partial charge < -0.3 is 0 Å². The lowest BCUT2D eigenvalue weighted by Crippen LogP contribution is -2.32. The Hall–Kier alpha value is -1.20. The molecule has 0 radical (unpaired) electrons. The summed E-state index contributed by atoms with van der Waals surface area (Å²) < 4.78 is 27.3. The number of Topliss-reactive ketones (excluding diaryl/α,β-unsaturated/α-hetero) is 1. The monoisotopic (exact) mass is 311 g/mol.